The molecule has 0 heterocycles. The van der Waals surface area contributed by atoms with Crippen LogP contribution in [0.3, 0.4) is 0 Å². The summed E-state index contributed by atoms with van der Waals surface area (Å²) >= 11 is 0. The van der Waals surface area contributed by atoms with Gasteiger partial charge in [-0.2, -0.15) is 0 Å². The summed E-state index contributed by atoms with van der Waals surface area (Å²) in [5.41, 5.74) is 2.73. The van der Waals surface area contributed by atoms with Crippen molar-refractivity contribution in [3.8, 4) is 0 Å². The standard InChI is InChI=1S/C14H23NO/c1-12(2)16-10-9-15-8-7-14-6-4-5-13(3)11-14/h4-6,11-12,15H,7-10H2,1-3H3. The van der Waals surface area contributed by atoms with Gasteiger partial charge in [-0.05, 0) is 39.3 Å². The number of hydrogen-bond donors (Lipinski definition) is 1. The van der Waals surface area contributed by atoms with Crippen LogP contribution in [0.4, 0.5) is 0 Å². The summed E-state index contributed by atoms with van der Waals surface area (Å²) < 4.78 is 5.45. The van der Waals surface area contributed by atoms with E-state index in [9.17, 15) is 0 Å². The van der Waals surface area contributed by atoms with Gasteiger partial charge in [-0.15, -0.1) is 0 Å². The molecule has 0 unspecified atom stereocenters. The predicted molar refractivity (Wildman–Crippen MR) is 68.8 cm³/mol. The molecule has 0 bridgehead atoms. The van der Waals surface area contributed by atoms with E-state index in [4.69, 9.17) is 4.74 Å². The molecule has 0 fully saturated rings. The van der Waals surface area contributed by atoms with Crippen LogP contribution in [-0.2, 0) is 11.2 Å². The lowest BCUT2D eigenvalue weighted by atomic mass is 10.1. The molecule has 2 nitrogen and oxygen atoms in total. The Morgan fingerprint density at radius 1 is 1.25 bits per heavy atom. The summed E-state index contributed by atoms with van der Waals surface area (Å²) in [5.74, 6) is 0. The first-order chi connectivity index (χ1) is 7.68. The maximum absolute atomic E-state index is 5.45. The molecule has 2 heteroatoms. The lowest BCUT2D eigenvalue weighted by Crippen LogP contribution is -2.23. The van der Waals surface area contributed by atoms with Crippen molar-refractivity contribution in [2.24, 2.45) is 0 Å². The van der Waals surface area contributed by atoms with E-state index in [0.717, 1.165) is 26.1 Å². The van der Waals surface area contributed by atoms with Crippen molar-refractivity contribution in [3.05, 3.63) is 35.4 Å². The van der Waals surface area contributed by atoms with Crippen molar-refractivity contribution in [1.82, 2.24) is 5.32 Å². The highest BCUT2D eigenvalue weighted by Crippen LogP contribution is 2.03. The lowest BCUT2D eigenvalue weighted by Gasteiger charge is -2.08. The second-order valence-electron chi connectivity index (χ2n) is 4.41. The monoisotopic (exact) mass is 221 g/mol. The van der Waals surface area contributed by atoms with E-state index in [-0.39, 0.29) is 0 Å². The van der Waals surface area contributed by atoms with Gasteiger partial charge in [-0.1, -0.05) is 29.8 Å². The maximum Gasteiger partial charge on any atom is 0.0594 e. The van der Waals surface area contributed by atoms with E-state index in [1.165, 1.54) is 11.1 Å². The molecule has 0 radical (unpaired) electrons. The van der Waals surface area contributed by atoms with Crippen molar-refractivity contribution in [1.29, 1.82) is 0 Å². The molecule has 0 aliphatic rings. The second-order valence-corrected chi connectivity index (χ2v) is 4.41. The fraction of sp³-hybridized carbons (Fsp3) is 0.571. The summed E-state index contributed by atoms with van der Waals surface area (Å²) in [6.07, 6.45) is 1.42. The molecule has 0 saturated heterocycles. The average Bonchev–Trinajstić information content (AvgIpc) is 2.23. The molecular formula is C14H23NO. The molecule has 0 aromatic heterocycles. The van der Waals surface area contributed by atoms with Crippen LogP contribution in [0.5, 0.6) is 0 Å². The fourth-order valence-electron chi connectivity index (χ4n) is 1.59. The Labute approximate surface area is 99.0 Å². The first-order valence-corrected chi connectivity index (χ1v) is 6.06. The molecule has 0 spiro atoms. The molecule has 0 saturated carbocycles. The fourth-order valence-corrected chi connectivity index (χ4v) is 1.59. The molecule has 0 aliphatic heterocycles. The molecule has 0 atom stereocenters. The lowest BCUT2D eigenvalue weighted by molar-refractivity contribution is 0.0810. The molecule has 1 N–H and O–H groups in total. The smallest absolute Gasteiger partial charge is 0.0594 e. The van der Waals surface area contributed by atoms with Gasteiger partial charge in [0.15, 0.2) is 0 Å². The number of rotatable bonds is 7. The van der Waals surface area contributed by atoms with Crippen LogP contribution in [0.2, 0.25) is 0 Å². The minimum atomic E-state index is 0.332. The van der Waals surface area contributed by atoms with Crippen molar-refractivity contribution >= 4 is 0 Å². The Kier molecular flexibility index (Phi) is 6.12. The van der Waals surface area contributed by atoms with Gasteiger partial charge >= 0.3 is 0 Å². The largest absolute Gasteiger partial charge is 0.377 e. The summed E-state index contributed by atoms with van der Waals surface area (Å²) in [5, 5.41) is 3.38. The number of benzene rings is 1. The molecule has 1 aromatic carbocycles. The van der Waals surface area contributed by atoms with E-state index >= 15 is 0 Å². The molecular weight excluding hydrogens is 198 g/mol. The van der Waals surface area contributed by atoms with E-state index < -0.39 is 0 Å². The molecule has 1 rings (SSSR count). The molecule has 16 heavy (non-hydrogen) atoms. The first-order valence-electron chi connectivity index (χ1n) is 6.06. The van der Waals surface area contributed by atoms with Crippen LogP contribution in [0.25, 0.3) is 0 Å². The van der Waals surface area contributed by atoms with Crippen LogP contribution in [-0.4, -0.2) is 25.8 Å². The highest BCUT2D eigenvalue weighted by molar-refractivity contribution is 5.22. The molecule has 90 valence electrons. The minimum Gasteiger partial charge on any atom is -0.377 e. The normalized spacial score (nSPS) is 11.0. The zero-order chi connectivity index (χ0) is 11.8. The predicted octanol–water partition coefficient (Wildman–Crippen LogP) is 2.55. The SMILES string of the molecule is Cc1cccc(CCNCCOC(C)C)c1. The van der Waals surface area contributed by atoms with Gasteiger partial charge in [0.05, 0.1) is 12.7 Å². The van der Waals surface area contributed by atoms with Crippen molar-refractivity contribution in [3.63, 3.8) is 0 Å². The van der Waals surface area contributed by atoms with E-state index in [2.05, 4.69) is 50.4 Å². The Hall–Kier alpha value is -0.860. The van der Waals surface area contributed by atoms with E-state index in [1.54, 1.807) is 0 Å². The van der Waals surface area contributed by atoms with Gasteiger partial charge in [0.25, 0.3) is 0 Å². The number of aryl methyl sites for hydroxylation is 1. The summed E-state index contributed by atoms with van der Waals surface area (Å²) in [6, 6.07) is 8.67. The van der Waals surface area contributed by atoms with E-state index in [1.807, 2.05) is 0 Å². The number of ether oxygens (including phenoxy) is 1. The van der Waals surface area contributed by atoms with Crippen LogP contribution >= 0.6 is 0 Å². The van der Waals surface area contributed by atoms with Crippen molar-refractivity contribution < 1.29 is 4.74 Å². The Morgan fingerprint density at radius 2 is 2.06 bits per heavy atom. The topological polar surface area (TPSA) is 21.3 Å². The molecule has 1 aromatic rings. The third-order valence-corrected chi connectivity index (χ3v) is 2.40. The summed E-state index contributed by atoms with van der Waals surface area (Å²) in [7, 11) is 0. The first kappa shape index (κ1) is 13.2. The maximum atomic E-state index is 5.45. The highest BCUT2D eigenvalue weighted by atomic mass is 16.5. The minimum absolute atomic E-state index is 0.332. The molecule has 0 amide bonds. The van der Waals surface area contributed by atoms with Gasteiger partial charge in [-0.25, -0.2) is 0 Å². The van der Waals surface area contributed by atoms with Gasteiger partial charge in [-0.3, -0.25) is 0 Å². The Bertz CT molecular complexity index is 297. The second kappa shape index (κ2) is 7.42. The average molecular weight is 221 g/mol. The van der Waals surface area contributed by atoms with Crippen molar-refractivity contribution in [2.45, 2.75) is 33.3 Å². The zero-order valence-electron chi connectivity index (χ0n) is 10.6. The summed E-state index contributed by atoms with van der Waals surface area (Å²) in [6.45, 7) is 9.01. The van der Waals surface area contributed by atoms with Gasteiger partial charge in [0.2, 0.25) is 0 Å². The molecule has 0 aliphatic carbocycles. The summed E-state index contributed by atoms with van der Waals surface area (Å²) in [4.78, 5) is 0. The third-order valence-electron chi connectivity index (χ3n) is 2.40. The highest BCUT2D eigenvalue weighted by Gasteiger charge is 1.94. The third kappa shape index (κ3) is 5.89. The Balaban J connectivity index is 2.07. The van der Waals surface area contributed by atoms with Crippen LogP contribution in [0, 0.1) is 6.92 Å². The van der Waals surface area contributed by atoms with Crippen LogP contribution < -0.4 is 5.32 Å². The quantitative estimate of drug-likeness (QED) is 0.714. The zero-order valence-corrected chi connectivity index (χ0v) is 10.6. The number of hydrogen-bond acceptors (Lipinski definition) is 2. The van der Waals surface area contributed by atoms with Crippen LogP contribution in [0.15, 0.2) is 24.3 Å². The van der Waals surface area contributed by atoms with Gasteiger partial charge < -0.3 is 10.1 Å². The number of nitrogens with one attached hydrogen (secondary N) is 1. The Morgan fingerprint density at radius 3 is 2.75 bits per heavy atom. The van der Waals surface area contributed by atoms with Gasteiger partial charge in [0, 0.05) is 6.54 Å². The van der Waals surface area contributed by atoms with Gasteiger partial charge in [0.1, 0.15) is 0 Å². The van der Waals surface area contributed by atoms with Crippen LogP contribution in [0.1, 0.15) is 25.0 Å². The van der Waals surface area contributed by atoms with Crippen molar-refractivity contribution in [2.75, 3.05) is 19.7 Å². The van der Waals surface area contributed by atoms with E-state index in [0.29, 0.717) is 6.10 Å².